The van der Waals surface area contributed by atoms with Crippen molar-refractivity contribution < 1.29 is 4.79 Å². The Hall–Kier alpha value is -2.14. The van der Waals surface area contributed by atoms with Gasteiger partial charge in [0.2, 0.25) is 0 Å². The lowest BCUT2D eigenvalue weighted by Gasteiger charge is -2.40. The van der Waals surface area contributed by atoms with Gasteiger partial charge in [-0.15, -0.1) is 0 Å². The number of hydrogen-bond acceptors (Lipinski definition) is 3. The van der Waals surface area contributed by atoms with Crippen molar-refractivity contribution in [1.82, 2.24) is 20.2 Å². The first kappa shape index (κ1) is 17.3. The van der Waals surface area contributed by atoms with Gasteiger partial charge in [0.05, 0.1) is 5.41 Å². The van der Waals surface area contributed by atoms with Gasteiger partial charge in [0.15, 0.2) is 0 Å². The molecule has 5 heteroatoms. The number of nitrogens with zero attached hydrogens (tertiary/aromatic N) is 2. The van der Waals surface area contributed by atoms with Crippen LogP contribution in [0.15, 0.2) is 30.3 Å². The minimum Gasteiger partial charge on any atom is -0.350 e. The lowest BCUT2D eigenvalue weighted by atomic mass is 9.72. The number of likely N-dealkylation sites (tertiary alicyclic amines) is 1. The van der Waals surface area contributed by atoms with Crippen molar-refractivity contribution in [3.8, 4) is 0 Å². The van der Waals surface area contributed by atoms with Crippen molar-refractivity contribution in [2.75, 3.05) is 26.7 Å². The molecule has 1 saturated heterocycles. The second kappa shape index (κ2) is 6.23. The van der Waals surface area contributed by atoms with Crippen molar-refractivity contribution >= 4 is 5.91 Å². The van der Waals surface area contributed by atoms with E-state index in [0.29, 0.717) is 12.2 Å². The Bertz CT molecular complexity index is 801. The summed E-state index contributed by atoms with van der Waals surface area (Å²) in [5.74, 6) is 0.902. The van der Waals surface area contributed by atoms with Crippen LogP contribution in [0.2, 0.25) is 0 Å². The summed E-state index contributed by atoms with van der Waals surface area (Å²) < 4.78 is 0. The zero-order chi connectivity index (χ0) is 18.4. The number of rotatable bonds is 2. The maximum Gasteiger partial charge on any atom is 0.271 e. The van der Waals surface area contributed by atoms with E-state index >= 15 is 0 Å². The van der Waals surface area contributed by atoms with Crippen molar-refractivity contribution in [3.63, 3.8) is 0 Å². The van der Waals surface area contributed by atoms with Crippen LogP contribution in [0.1, 0.15) is 54.3 Å². The van der Waals surface area contributed by atoms with Crippen LogP contribution in [0.3, 0.4) is 0 Å². The monoisotopic (exact) mass is 352 g/mol. The van der Waals surface area contributed by atoms with Gasteiger partial charge in [0, 0.05) is 12.2 Å². The summed E-state index contributed by atoms with van der Waals surface area (Å²) in [4.78, 5) is 23.4. The molecule has 0 bridgehead atoms. The summed E-state index contributed by atoms with van der Waals surface area (Å²) in [6.07, 6.45) is 2.84. The number of amides is 1. The van der Waals surface area contributed by atoms with Crippen LogP contribution >= 0.6 is 0 Å². The maximum atomic E-state index is 12.6. The average molecular weight is 352 g/mol. The largest absolute Gasteiger partial charge is 0.350 e. The topological polar surface area (TPSA) is 61.0 Å². The molecule has 2 aliphatic rings. The van der Waals surface area contributed by atoms with Crippen molar-refractivity contribution in [2.45, 2.75) is 38.5 Å². The number of nitrogens with one attached hydrogen (secondary N) is 2. The summed E-state index contributed by atoms with van der Waals surface area (Å²) in [5.41, 5.74) is 2.73. The smallest absolute Gasteiger partial charge is 0.271 e. The summed E-state index contributed by atoms with van der Waals surface area (Å²) in [6.45, 7) is 7.10. The van der Waals surface area contributed by atoms with Crippen LogP contribution < -0.4 is 5.32 Å². The number of hydrogen-bond donors (Lipinski definition) is 2. The average Bonchev–Trinajstić information content (AvgIpc) is 3.01. The van der Waals surface area contributed by atoms with Crippen LogP contribution in [-0.2, 0) is 11.8 Å². The highest BCUT2D eigenvalue weighted by Gasteiger charge is 2.41. The van der Waals surface area contributed by atoms with Gasteiger partial charge in [-0.1, -0.05) is 44.2 Å². The summed E-state index contributed by atoms with van der Waals surface area (Å²) in [5, 5.41) is 3.04. The number of fused-ring (bicyclic) bond motifs is 1. The molecule has 0 atom stereocenters. The van der Waals surface area contributed by atoms with Crippen LogP contribution in [0.4, 0.5) is 0 Å². The van der Waals surface area contributed by atoms with Gasteiger partial charge >= 0.3 is 0 Å². The van der Waals surface area contributed by atoms with E-state index < -0.39 is 0 Å². The van der Waals surface area contributed by atoms with Gasteiger partial charge in [-0.05, 0) is 50.4 Å². The van der Waals surface area contributed by atoms with E-state index in [9.17, 15) is 4.79 Å². The van der Waals surface area contributed by atoms with E-state index in [-0.39, 0.29) is 16.7 Å². The Labute approximate surface area is 155 Å². The molecule has 0 saturated carbocycles. The number of benzene rings is 1. The molecular weight excluding hydrogens is 324 g/mol. The van der Waals surface area contributed by atoms with Gasteiger partial charge in [0.1, 0.15) is 11.5 Å². The van der Waals surface area contributed by atoms with E-state index in [1.54, 1.807) is 0 Å². The van der Waals surface area contributed by atoms with E-state index in [4.69, 9.17) is 4.98 Å². The fraction of sp³-hybridized carbons (Fsp3) is 0.524. The van der Waals surface area contributed by atoms with E-state index in [2.05, 4.69) is 66.4 Å². The quantitative estimate of drug-likeness (QED) is 0.874. The number of carbonyl (C=O) groups excluding carboxylic acids is 1. The van der Waals surface area contributed by atoms with Gasteiger partial charge in [-0.2, -0.15) is 0 Å². The number of imidazole rings is 1. The Kier molecular flexibility index (Phi) is 4.14. The predicted octanol–water partition coefficient (Wildman–Crippen LogP) is 2.73. The standard InChI is InChI=1S/C21H28N4O/c1-20(2)13-16-17(18(26)22-14-20)24-19(23-16)21(9-11-25(3)12-10-21)15-7-5-4-6-8-15/h4-8H,9-14H2,1-3H3,(H,22,26)(H,23,24). The van der Waals surface area contributed by atoms with Gasteiger partial charge < -0.3 is 15.2 Å². The Morgan fingerprint density at radius 2 is 1.81 bits per heavy atom. The van der Waals surface area contributed by atoms with E-state index in [1.165, 1.54) is 5.56 Å². The third-order valence-electron chi connectivity index (χ3n) is 6.00. The number of aromatic amines is 1. The Morgan fingerprint density at radius 3 is 2.50 bits per heavy atom. The van der Waals surface area contributed by atoms with Crippen molar-refractivity contribution in [2.24, 2.45) is 5.41 Å². The molecule has 0 spiro atoms. The number of aromatic nitrogens is 2. The van der Waals surface area contributed by atoms with Crippen molar-refractivity contribution in [3.05, 3.63) is 53.1 Å². The molecule has 0 unspecified atom stereocenters. The second-order valence-corrected chi connectivity index (χ2v) is 8.69. The lowest BCUT2D eigenvalue weighted by molar-refractivity contribution is 0.0940. The first-order chi connectivity index (χ1) is 12.4. The van der Waals surface area contributed by atoms with Gasteiger partial charge in [-0.25, -0.2) is 4.98 Å². The minimum atomic E-state index is -0.148. The lowest BCUT2D eigenvalue weighted by Crippen LogP contribution is -2.42. The summed E-state index contributed by atoms with van der Waals surface area (Å²) in [6, 6.07) is 10.6. The zero-order valence-corrected chi connectivity index (χ0v) is 15.9. The SMILES string of the molecule is CN1CCC(c2ccccc2)(c2nc3c([nH]2)CC(C)(C)CNC3=O)CC1. The van der Waals surface area contributed by atoms with E-state index in [1.807, 2.05) is 0 Å². The molecular formula is C21H28N4O. The molecule has 3 heterocycles. The molecule has 1 amide bonds. The van der Waals surface area contributed by atoms with Crippen molar-refractivity contribution in [1.29, 1.82) is 0 Å². The predicted molar refractivity (Wildman–Crippen MR) is 102 cm³/mol. The molecule has 1 fully saturated rings. The fourth-order valence-electron chi connectivity index (χ4n) is 4.32. The normalized spacial score (nSPS) is 22.3. The fourth-order valence-corrected chi connectivity index (χ4v) is 4.32. The van der Waals surface area contributed by atoms with Crippen LogP contribution in [0.5, 0.6) is 0 Å². The Balaban J connectivity index is 1.81. The molecule has 2 aliphatic heterocycles. The molecule has 0 aliphatic carbocycles. The molecule has 5 nitrogen and oxygen atoms in total. The second-order valence-electron chi connectivity index (χ2n) is 8.69. The van der Waals surface area contributed by atoms with E-state index in [0.717, 1.165) is 43.9 Å². The van der Waals surface area contributed by atoms with Gasteiger partial charge in [-0.3, -0.25) is 4.79 Å². The van der Waals surface area contributed by atoms with Crippen LogP contribution in [0, 0.1) is 5.41 Å². The summed E-state index contributed by atoms with van der Waals surface area (Å²) >= 11 is 0. The zero-order valence-electron chi connectivity index (χ0n) is 15.9. The molecule has 1 aromatic heterocycles. The molecule has 1 aromatic carbocycles. The van der Waals surface area contributed by atoms with Gasteiger partial charge in [0.25, 0.3) is 5.91 Å². The number of carbonyl (C=O) groups is 1. The first-order valence-electron chi connectivity index (χ1n) is 9.51. The third-order valence-corrected chi connectivity index (χ3v) is 6.00. The molecule has 2 aromatic rings. The first-order valence-corrected chi connectivity index (χ1v) is 9.51. The molecule has 4 rings (SSSR count). The molecule has 2 N–H and O–H groups in total. The molecule has 0 radical (unpaired) electrons. The number of H-pyrrole nitrogens is 1. The third kappa shape index (κ3) is 2.94. The molecule has 138 valence electrons. The number of piperidine rings is 1. The minimum absolute atomic E-state index is 0.0252. The Morgan fingerprint density at radius 1 is 1.12 bits per heavy atom. The highest BCUT2D eigenvalue weighted by atomic mass is 16.1. The highest BCUT2D eigenvalue weighted by Crippen LogP contribution is 2.41. The van der Waals surface area contributed by atoms with Crippen LogP contribution in [-0.4, -0.2) is 47.5 Å². The van der Waals surface area contributed by atoms with Crippen LogP contribution in [0.25, 0.3) is 0 Å². The summed E-state index contributed by atoms with van der Waals surface area (Å²) in [7, 11) is 2.17. The molecule has 26 heavy (non-hydrogen) atoms. The highest BCUT2D eigenvalue weighted by molar-refractivity contribution is 5.94. The maximum absolute atomic E-state index is 12.6.